The summed E-state index contributed by atoms with van der Waals surface area (Å²) in [6.45, 7) is 5.05. The molecule has 3 N–H and O–H groups in total. The van der Waals surface area contributed by atoms with Crippen LogP contribution in [0.4, 0.5) is 18.9 Å². The van der Waals surface area contributed by atoms with Crippen LogP contribution >= 0.6 is 0 Å². The number of alkyl halides is 3. The number of hydrogen-bond acceptors (Lipinski definition) is 6. The zero-order valence-electron chi connectivity index (χ0n) is 24.2. The molecule has 1 atom stereocenters. The summed E-state index contributed by atoms with van der Waals surface area (Å²) >= 11 is 0. The average molecular weight is 592 g/mol. The Kier molecular flexibility index (Phi) is 9.03. The minimum atomic E-state index is -4.67. The molecule has 10 heteroatoms. The molecule has 7 nitrogen and oxygen atoms in total. The zero-order valence-corrected chi connectivity index (χ0v) is 24.2. The number of piperidine rings is 2. The number of allylic oxidation sites excluding steroid dienone is 1. The van der Waals surface area contributed by atoms with Crippen LogP contribution in [0.2, 0.25) is 0 Å². The van der Waals surface area contributed by atoms with Crippen LogP contribution in [0.3, 0.4) is 0 Å². The summed E-state index contributed by atoms with van der Waals surface area (Å²) in [6, 6.07) is 21.7. The Balaban J connectivity index is 1.48. The van der Waals surface area contributed by atoms with Crippen LogP contribution in [0.1, 0.15) is 50.3 Å². The van der Waals surface area contributed by atoms with Crippen molar-refractivity contribution in [2.24, 2.45) is 22.6 Å². The van der Waals surface area contributed by atoms with Gasteiger partial charge in [-0.2, -0.15) is 13.2 Å². The van der Waals surface area contributed by atoms with Gasteiger partial charge in [-0.3, -0.25) is 9.79 Å². The third-order valence-electron chi connectivity index (χ3n) is 7.82. The van der Waals surface area contributed by atoms with E-state index in [1.807, 2.05) is 86.6 Å². The van der Waals surface area contributed by atoms with Crippen molar-refractivity contribution in [1.29, 1.82) is 0 Å². The Hall–Kier alpha value is -4.34. The van der Waals surface area contributed by atoms with Crippen molar-refractivity contribution in [2.45, 2.75) is 51.4 Å². The Morgan fingerprint density at radius 1 is 1.00 bits per heavy atom. The topological polar surface area (TPSA) is 92.8 Å². The number of pyridine rings is 1. The first-order valence-electron chi connectivity index (χ1n) is 14.5. The molecule has 2 saturated heterocycles. The smallest absolute Gasteiger partial charge is 0.396 e. The van der Waals surface area contributed by atoms with E-state index in [1.54, 1.807) is 6.20 Å². The monoisotopic (exact) mass is 591 g/mol. The highest BCUT2D eigenvalue weighted by Crippen LogP contribution is 2.41. The number of ether oxygens (including phenoxy) is 1. The van der Waals surface area contributed by atoms with Gasteiger partial charge in [0.2, 0.25) is 11.8 Å². The van der Waals surface area contributed by atoms with Gasteiger partial charge in [-0.05, 0) is 43.9 Å². The van der Waals surface area contributed by atoms with E-state index >= 15 is 0 Å². The van der Waals surface area contributed by atoms with Crippen molar-refractivity contribution >= 4 is 17.4 Å². The molecule has 2 aromatic carbocycles. The van der Waals surface area contributed by atoms with Gasteiger partial charge in [-0.1, -0.05) is 60.7 Å². The number of amides is 1. The van der Waals surface area contributed by atoms with Crippen LogP contribution in [-0.4, -0.2) is 42.1 Å². The number of nitrogens with one attached hydrogen (secondary N) is 1. The van der Waals surface area contributed by atoms with Gasteiger partial charge >= 0.3 is 6.18 Å². The largest absolute Gasteiger partial charge is 0.475 e. The summed E-state index contributed by atoms with van der Waals surface area (Å²) in [5.74, 6) is -2.65. The van der Waals surface area contributed by atoms with E-state index in [0.29, 0.717) is 31.8 Å². The SMILES string of the molecule is CC(C)Oc1ccc(N2CCC(C(N)=C3C(=NC(c4ccccc4)c4ccccc4)NC(=O)CC3C(F)(F)F)CC2)cn1. The van der Waals surface area contributed by atoms with Gasteiger partial charge in [-0.15, -0.1) is 0 Å². The molecule has 3 heterocycles. The first kappa shape index (κ1) is 30.1. The number of amidine groups is 1. The Morgan fingerprint density at radius 3 is 2.12 bits per heavy atom. The molecule has 1 unspecified atom stereocenters. The van der Waals surface area contributed by atoms with Crippen molar-refractivity contribution in [3.05, 3.63) is 101 Å². The van der Waals surface area contributed by atoms with Crippen LogP contribution < -0.4 is 20.7 Å². The zero-order chi connectivity index (χ0) is 30.6. The maximum absolute atomic E-state index is 14.5. The summed E-state index contributed by atoms with van der Waals surface area (Å²) in [4.78, 5) is 23.9. The summed E-state index contributed by atoms with van der Waals surface area (Å²) < 4.78 is 49.1. The van der Waals surface area contributed by atoms with Crippen LogP contribution in [0.25, 0.3) is 0 Å². The Bertz CT molecular complexity index is 1410. The number of rotatable bonds is 7. The minimum absolute atomic E-state index is 0.0132. The fourth-order valence-electron chi connectivity index (χ4n) is 5.70. The molecular weight excluding hydrogens is 555 g/mol. The maximum atomic E-state index is 14.5. The van der Waals surface area contributed by atoms with Crippen LogP contribution in [0.15, 0.2) is 95.3 Å². The van der Waals surface area contributed by atoms with Crippen LogP contribution in [0.5, 0.6) is 5.88 Å². The normalized spacial score (nSPS) is 20.4. The predicted octanol–water partition coefficient (Wildman–Crippen LogP) is 6.18. The molecule has 0 aliphatic carbocycles. The van der Waals surface area contributed by atoms with Gasteiger partial charge < -0.3 is 20.7 Å². The van der Waals surface area contributed by atoms with E-state index in [4.69, 9.17) is 15.5 Å². The molecule has 2 fully saturated rings. The summed E-state index contributed by atoms with van der Waals surface area (Å²) in [6.07, 6.45) is -2.54. The number of aromatic nitrogens is 1. The Labute approximate surface area is 249 Å². The lowest BCUT2D eigenvalue weighted by atomic mass is 9.82. The number of halogens is 3. The number of carbonyl (C=O) groups excluding carboxylic acids is 1. The number of anilines is 1. The van der Waals surface area contributed by atoms with Crippen LogP contribution in [0, 0.1) is 11.8 Å². The summed E-state index contributed by atoms with van der Waals surface area (Å²) in [5, 5.41) is 2.65. The number of hydrogen-bond donors (Lipinski definition) is 2. The van der Waals surface area contributed by atoms with Crippen molar-refractivity contribution in [1.82, 2.24) is 10.3 Å². The third kappa shape index (κ3) is 7.18. The second-order valence-electron chi connectivity index (χ2n) is 11.2. The lowest BCUT2D eigenvalue weighted by Crippen LogP contribution is -2.48. The molecule has 2 aliphatic rings. The molecule has 5 rings (SSSR count). The van der Waals surface area contributed by atoms with Gasteiger partial charge in [0.15, 0.2) is 0 Å². The van der Waals surface area contributed by atoms with Crippen molar-refractivity contribution in [2.75, 3.05) is 18.0 Å². The number of carbonyl (C=O) groups is 1. The van der Waals surface area contributed by atoms with Gasteiger partial charge in [0.05, 0.1) is 23.9 Å². The highest BCUT2D eigenvalue weighted by atomic mass is 19.4. The second-order valence-corrected chi connectivity index (χ2v) is 11.2. The number of nitrogens with zero attached hydrogens (tertiary/aromatic N) is 3. The Morgan fingerprint density at radius 2 is 1.60 bits per heavy atom. The number of aliphatic imine (C=N–C) groups is 1. The van der Waals surface area contributed by atoms with Gasteiger partial charge in [0.25, 0.3) is 0 Å². The fourth-order valence-corrected chi connectivity index (χ4v) is 5.70. The minimum Gasteiger partial charge on any atom is -0.475 e. The molecule has 43 heavy (non-hydrogen) atoms. The molecule has 0 saturated carbocycles. The molecule has 0 spiro atoms. The van der Waals surface area contributed by atoms with Crippen molar-refractivity contribution in [3.8, 4) is 5.88 Å². The highest BCUT2D eigenvalue weighted by molar-refractivity contribution is 6.11. The van der Waals surface area contributed by atoms with E-state index in [1.165, 1.54) is 0 Å². The van der Waals surface area contributed by atoms with Gasteiger partial charge in [0, 0.05) is 42.8 Å². The van der Waals surface area contributed by atoms with E-state index in [-0.39, 0.29) is 29.1 Å². The molecule has 0 bridgehead atoms. The van der Waals surface area contributed by atoms with E-state index in [9.17, 15) is 18.0 Å². The number of nitrogens with two attached hydrogens (primary N) is 1. The van der Waals surface area contributed by atoms with Crippen molar-refractivity contribution < 1.29 is 22.7 Å². The molecule has 0 radical (unpaired) electrons. The third-order valence-corrected chi connectivity index (χ3v) is 7.82. The van der Waals surface area contributed by atoms with E-state index in [0.717, 1.165) is 16.8 Å². The van der Waals surface area contributed by atoms with E-state index < -0.39 is 30.5 Å². The second kappa shape index (κ2) is 12.9. The first-order chi connectivity index (χ1) is 20.6. The molecule has 1 aromatic heterocycles. The molecule has 3 aromatic rings. The lowest BCUT2D eigenvalue weighted by Gasteiger charge is -2.37. The molecule has 1 amide bonds. The quantitative estimate of drug-likeness (QED) is 0.342. The van der Waals surface area contributed by atoms with Crippen LogP contribution in [-0.2, 0) is 4.79 Å². The molecular formula is C33H36F3N5O2. The molecule has 226 valence electrons. The summed E-state index contributed by atoms with van der Waals surface area (Å²) in [5.41, 5.74) is 9.15. The highest BCUT2D eigenvalue weighted by Gasteiger charge is 2.49. The molecule has 2 aliphatic heterocycles. The fraction of sp³-hybridized carbons (Fsp3) is 0.364. The maximum Gasteiger partial charge on any atom is 0.396 e. The predicted molar refractivity (Wildman–Crippen MR) is 161 cm³/mol. The average Bonchev–Trinajstić information content (AvgIpc) is 3.00. The standard InChI is InChI=1S/C33H36F3N5O2/c1-21(2)43-28-14-13-25(20-38-28)41-17-15-22(16-18-41)30(37)29-26(33(34,35)36)19-27(42)39-32(29)40-31(23-9-5-3-6-10-23)24-11-7-4-8-12-24/h3-14,20-22,26,31H,15-19,37H2,1-2H3,(H,39,40,42). The number of benzene rings is 2. The lowest BCUT2D eigenvalue weighted by molar-refractivity contribution is -0.169. The van der Waals surface area contributed by atoms with Gasteiger partial charge in [0.1, 0.15) is 11.9 Å². The van der Waals surface area contributed by atoms with E-state index in [2.05, 4.69) is 15.2 Å². The first-order valence-corrected chi connectivity index (χ1v) is 14.5. The van der Waals surface area contributed by atoms with Crippen molar-refractivity contribution in [3.63, 3.8) is 0 Å². The van der Waals surface area contributed by atoms with Gasteiger partial charge in [-0.25, -0.2) is 4.98 Å². The summed E-state index contributed by atoms with van der Waals surface area (Å²) in [7, 11) is 0.